The first kappa shape index (κ1) is 14.3. The van der Waals surface area contributed by atoms with E-state index >= 15 is 0 Å². The van der Waals surface area contributed by atoms with Gasteiger partial charge in [0.2, 0.25) is 0 Å². The summed E-state index contributed by atoms with van der Waals surface area (Å²) in [5, 5.41) is 12.9. The van der Waals surface area contributed by atoms with Crippen LogP contribution in [-0.2, 0) is 0 Å². The Morgan fingerprint density at radius 3 is 2.20 bits per heavy atom. The first-order valence-electron chi connectivity index (χ1n) is 5.23. The zero-order valence-corrected chi connectivity index (χ0v) is 11.2. The van der Waals surface area contributed by atoms with Crippen LogP contribution in [-0.4, -0.2) is 4.92 Å². The molecule has 2 aromatic carbocycles. The van der Waals surface area contributed by atoms with Crippen LogP contribution in [0.25, 0.3) is 0 Å². The highest BCUT2D eigenvalue weighted by Crippen LogP contribution is 2.29. The Bertz CT molecular complexity index is 671. The average molecular weight is 347 g/mol. The van der Waals surface area contributed by atoms with Crippen molar-refractivity contribution in [1.82, 2.24) is 0 Å². The lowest BCUT2D eigenvalue weighted by atomic mass is 10.2. The molecule has 0 aromatic heterocycles. The van der Waals surface area contributed by atoms with E-state index in [-0.39, 0.29) is 10.2 Å². The van der Waals surface area contributed by atoms with Crippen LogP contribution < -0.4 is 5.32 Å². The van der Waals surface area contributed by atoms with E-state index in [0.29, 0.717) is 6.07 Å². The van der Waals surface area contributed by atoms with E-state index < -0.39 is 33.7 Å². The molecule has 0 unspecified atom stereocenters. The second-order valence-electron chi connectivity index (χ2n) is 3.82. The molecule has 20 heavy (non-hydrogen) atoms. The van der Waals surface area contributed by atoms with Crippen molar-refractivity contribution in [3.8, 4) is 0 Å². The van der Waals surface area contributed by atoms with Gasteiger partial charge in [0.1, 0.15) is 11.5 Å². The fourth-order valence-corrected chi connectivity index (χ4v) is 1.96. The number of benzene rings is 2. The SMILES string of the molecule is O=[N+]([O-])c1cc(F)cc(Nc2c(F)cc(Br)cc2F)c1. The van der Waals surface area contributed by atoms with E-state index in [1.54, 1.807) is 0 Å². The number of nitro groups is 1. The number of halogens is 4. The summed E-state index contributed by atoms with van der Waals surface area (Å²) in [5.74, 6) is -2.72. The first-order chi connectivity index (χ1) is 9.36. The molecule has 0 atom stereocenters. The van der Waals surface area contributed by atoms with E-state index in [1.807, 2.05) is 0 Å². The van der Waals surface area contributed by atoms with E-state index in [2.05, 4.69) is 21.2 Å². The zero-order chi connectivity index (χ0) is 14.9. The van der Waals surface area contributed by atoms with Gasteiger partial charge in [-0.1, -0.05) is 15.9 Å². The van der Waals surface area contributed by atoms with Crippen molar-refractivity contribution in [2.75, 3.05) is 5.32 Å². The fraction of sp³-hybridized carbons (Fsp3) is 0. The molecule has 0 fully saturated rings. The smallest absolute Gasteiger partial charge is 0.274 e. The first-order valence-corrected chi connectivity index (χ1v) is 6.02. The molecule has 0 bridgehead atoms. The molecule has 0 radical (unpaired) electrons. The van der Waals surface area contributed by atoms with Crippen molar-refractivity contribution in [3.05, 3.63) is 62.4 Å². The number of nitrogens with one attached hydrogen (secondary N) is 1. The van der Waals surface area contributed by atoms with Gasteiger partial charge >= 0.3 is 0 Å². The van der Waals surface area contributed by atoms with Crippen molar-refractivity contribution in [3.63, 3.8) is 0 Å². The molecule has 4 nitrogen and oxygen atoms in total. The van der Waals surface area contributed by atoms with Gasteiger partial charge in [0, 0.05) is 16.2 Å². The zero-order valence-electron chi connectivity index (χ0n) is 9.66. The summed E-state index contributed by atoms with van der Waals surface area (Å²) in [6.07, 6.45) is 0. The monoisotopic (exact) mass is 346 g/mol. The van der Waals surface area contributed by atoms with Crippen LogP contribution in [0, 0.1) is 27.6 Å². The number of hydrogen-bond donors (Lipinski definition) is 1. The molecule has 0 spiro atoms. The Kier molecular flexibility index (Phi) is 3.93. The highest BCUT2D eigenvalue weighted by atomic mass is 79.9. The molecule has 104 valence electrons. The summed E-state index contributed by atoms with van der Waals surface area (Å²) in [7, 11) is 0. The largest absolute Gasteiger partial charge is 0.350 e. The van der Waals surface area contributed by atoms with Gasteiger partial charge in [0.25, 0.3) is 5.69 Å². The average Bonchev–Trinajstić information content (AvgIpc) is 2.33. The molecule has 0 amide bonds. The molecule has 2 rings (SSSR count). The number of rotatable bonds is 3. The second kappa shape index (κ2) is 5.49. The van der Waals surface area contributed by atoms with Crippen molar-refractivity contribution in [2.24, 2.45) is 0 Å². The van der Waals surface area contributed by atoms with E-state index in [1.165, 1.54) is 0 Å². The van der Waals surface area contributed by atoms with Gasteiger partial charge in [-0.3, -0.25) is 10.1 Å². The lowest BCUT2D eigenvalue weighted by Gasteiger charge is -2.09. The molecule has 0 aliphatic heterocycles. The maximum Gasteiger partial charge on any atom is 0.274 e. The summed E-state index contributed by atoms with van der Waals surface area (Å²) >= 11 is 2.92. The normalized spacial score (nSPS) is 10.4. The highest BCUT2D eigenvalue weighted by Gasteiger charge is 2.14. The van der Waals surface area contributed by atoms with E-state index in [4.69, 9.17) is 0 Å². The number of hydrogen-bond acceptors (Lipinski definition) is 3. The van der Waals surface area contributed by atoms with Gasteiger partial charge < -0.3 is 5.32 Å². The van der Waals surface area contributed by atoms with Gasteiger partial charge in [-0.2, -0.15) is 0 Å². The number of anilines is 2. The topological polar surface area (TPSA) is 55.2 Å². The van der Waals surface area contributed by atoms with Gasteiger partial charge in [-0.25, -0.2) is 13.2 Å². The summed E-state index contributed by atoms with van der Waals surface area (Å²) in [6.45, 7) is 0. The third-order valence-corrected chi connectivity index (χ3v) is 2.83. The van der Waals surface area contributed by atoms with Crippen LogP contribution in [0.15, 0.2) is 34.8 Å². The Labute approximate surface area is 119 Å². The summed E-state index contributed by atoms with van der Waals surface area (Å²) in [5.41, 5.74) is -1.17. The molecule has 8 heteroatoms. The van der Waals surface area contributed by atoms with Crippen LogP contribution in [0.4, 0.5) is 30.2 Å². The molecular weight excluding hydrogens is 341 g/mol. The molecule has 0 saturated heterocycles. The van der Waals surface area contributed by atoms with Crippen molar-refractivity contribution >= 4 is 33.0 Å². The second-order valence-corrected chi connectivity index (χ2v) is 4.74. The Balaban J connectivity index is 2.42. The van der Waals surface area contributed by atoms with Crippen LogP contribution in [0.1, 0.15) is 0 Å². The minimum atomic E-state index is -0.913. The summed E-state index contributed by atoms with van der Waals surface area (Å²) < 4.78 is 40.6. The molecule has 0 aliphatic rings. The Hall–Kier alpha value is -2.09. The van der Waals surface area contributed by atoms with Gasteiger partial charge in [0.05, 0.1) is 11.0 Å². The van der Waals surface area contributed by atoms with Crippen molar-refractivity contribution in [2.45, 2.75) is 0 Å². The standard InChI is InChI=1S/C12H6BrF3N2O2/c13-6-1-10(15)12(11(16)2-6)17-8-3-7(14)4-9(5-8)18(19)20/h1-5,17H. The third kappa shape index (κ3) is 3.08. The number of non-ortho nitro benzene ring substituents is 1. The van der Waals surface area contributed by atoms with Gasteiger partial charge in [-0.15, -0.1) is 0 Å². The predicted molar refractivity (Wildman–Crippen MR) is 70.4 cm³/mol. The molecule has 0 saturated carbocycles. The lowest BCUT2D eigenvalue weighted by Crippen LogP contribution is -1.99. The lowest BCUT2D eigenvalue weighted by molar-refractivity contribution is -0.385. The Morgan fingerprint density at radius 2 is 1.65 bits per heavy atom. The molecule has 2 aromatic rings. The van der Waals surface area contributed by atoms with Crippen molar-refractivity contribution < 1.29 is 18.1 Å². The minimum absolute atomic E-state index is 0.128. The van der Waals surface area contributed by atoms with E-state index in [0.717, 1.165) is 24.3 Å². The highest BCUT2D eigenvalue weighted by molar-refractivity contribution is 9.10. The number of nitro benzene ring substituents is 1. The predicted octanol–water partition coefficient (Wildman–Crippen LogP) is 4.52. The third-order valence-electron chi connectivity index (χ3n) is 2.37. The molecule has 0 aliphatic carbocycles. The molecular formula is C12H6BrF3N2O2. The van der Waals surface area contributed by atoms with Crippen LogP contribution >= 0.6 is 15.9 Å². The summed E-state index contributed by atoms with van der Waals surface area (Å²) in [6, 6.07) is 4.61. The fourth-order valence-electron chi connectivity index (χ4n) is 1.56. The summed E-state index contributed by atoms with van der Waals surface area (Å²) in [4.78, 5) is 9.79. The molecule has 1 N–H and O–H groups in total. The van der Waals surface area contributed by atoms with Crippen LogP contribution in [0.2, 0.25) is 0 Å². The Morgan fingerprint density at radius 1 is 1.05 bits per heavy atom. The quantitative estimate of drug-likeness (QED) is 0.656. The van der Waals surface area contributed by atoms with Gasteiger partial charge in [0.15, 0.2) is 11.6 Å². The minimum Gasteiger partial charge on any atom is -0.350 e. The maximum absolute atomic E-state index is 13.6. The van der Waals surface area contributed by atoms with E-state index in [9.17, 15) is 23.3 Å². The van der Waals surface area contributed by atoms with Crippen LogP contribution in [0.3, 0.4) is 0 Å². The maximum atomic E-state index is 13.6. The van der Waals surface area contributed by atoms with Crippen LogP contribution in [0.5, 0.6) is 0 Å². The van der Waals surface area contributed by atoms with Gasteiger partial charge in [-0.05, 0) is 18.2 Å². The number of nitrogens with zero attached hydrogens (tertiary/aromatic N) is 1. The van der Waals surface area contributed by atoms with Crippen molar-refractivity contribution in [1.29, 1.82) is 0 Å². The molecule has 0 heterocycles.